The molecule has 9 heteroatoms. The third-order valence-electron chi connectivity index (χ3n) is 2.58. The smallest absolute Gasteiger partial charge is 0.303 e. The number of nitro benzene ring substituents is 1. The summed E-state index contributed by atoms with van der Waals surface area (Å²) in [5.41, 5.74) is -1.42. The zero-order valence-electron chi connectivity index (χ0n) is 10.8. The van der Waals surface area contributed by atoms with Crippen molar-refractivity contribution >= 4 is 17.6 Å². The minimum atomic E-state index is -1.42. The third kappa shape index (κ3) is 4.79. The summed E-state index contributed by atoms with van der Waals surface area (Å²) in [5.74, 6) is -4.68. The van der Waals surface area contributed by atoms with E-state index in [1.807, 2.05) is 0 Å². The average molecular weight is 302 g/mol. The fourth-order valence-electron chi connectivity index (χ4n) is 1.57. The summed E-state index contributed by atoms with van der Waals surface area (Å²) in [6.07, 6.45) is 0.589. The van der Waals surface area contributed by atoms with Gasteiger partial charge < -0.3 is 10.4 Å². The van der Waals surface area contributed by atoms with Gasteiger partial charge in [-0.3, -0.25) is 19.7 Å². The topological polar surface area (TPSA) is 110 Å². The molecule has 1 aromatic carbocycles. The van der Waals surface area contributed by atoms with Crippen LogP contribution in [0.15, 0.2) is 12.1 Å². The molecule has 0 unspecified atom stereocenters. The lowest BCUT2D eigenvalue weighted by Crippen LogP contribution is -2.25. The number of amides is 1. The molecule has 1 aromatic rings. The maximum atomic E-state index is 13.1. The van der Waals surface area contributed by atoms with Crippen LogP contribution in [0, 0.1) is 21.7 Å². The van der Waals surface area contributed by atoms with Gasteiger partial charge in [0.2, 0.25) is 0 Å². The number of carbonyl (C=O) groups excluding carboxylic acids is 1. The summed E-state index contributed by atoms with van der Waals surface area (Å²) in [4.78, 5) is 31.7. The lowest BCUT2D eigenvalue weighted by atomic mass is 10.1. The molecular formula is C12H12F2N2O5. The minimum absolute atomic E-state index is 0.0683. The number of carboxylic acids is 1. The Labute approximate surface area is 117 Å². The van der Waals surface area contributed by atoms with E-state index >= 15 is 0 Å². The van der Waals surface area contributed by atoms with Crippen molar-refractivity contribution in [2.45, 2.75) is 19.3 Å². The number of unbranched alkanes of at least 4 members (excludes halogenated alkanes) is 1. The van der Waals surface area contributed by atoms with E-state index < -0.39 is 39.7 Å². The summed E-state index contributed by atoms with van der Waals surface area (Å²) in [5, 5.41) is 21.4. The number of carbonyl (C=O) groups is 2. The van der Waals surface area contributed by atoms with E-state index in [1.54, 1.807) is 0 Å². The SMILES string of the molecule is O=C(O)CCCCNC(=O)c1cc(F)c(F)cc1[N+](=O)[O-]. The number of hydrogen-bond acceptors (Lipinski definition) is 4. The van der Waals surface area contributed by atoms with Gasteiger partial charge in [-0.25, -0.2) is 8.78 Å². The average Bonchev–Trinajstić information content (AvgIpc) is 2.40. The summed E-state index contributed by atoms with van der Waals surface area (Å²) < 4.78 is 26.0. The van der Waals surface area contributed by atoms with Gasteiger partial charge in [-0.1, -0.05) is 0 Å². The van der Waals surface area contributed by atoms with Crippen LogP contribution in [0.1, 0.15) is 29.6 Å². The first-order valence-electron chi connectivity index (χ1n) is 5.96. The zero-order chi connectivity index (χ0) is 16.0. The van der Waals surface area contributed by atoms with Gasteiger partial charge in [-0.15, -0.1) is 0 Å². The molecule has 0 atom stereocenters. The first-order chi connectivity index (χ1) is 9.82. The number of nitrogens with zero attached hydrogens (tertiary/aromatic N) is 1. The Bertz CT molecular complexity index is 577. The van der Waals surface area contributed by atoms with Crippen LogP contribution in [-0.4, -0.2) is 28.5 Å². The predicted octanol–water partition coefficient (Wildman–Crippen LogP) is 1.86. The third-order valence-corrected chi connectivity index (χ3v) is 2.58. The van der Waals surface area contributed by atoms with Crippen LogP contribution in [0.3, 0.4) is 0 Å². The molecule has 0 saturated carbocycles. The first kappa shape index (κ1) is 16.5. The number of carboxylic acid groups (broad SMARTS) is 1. The van der Waals surface area contributed by atoms with Crippen LogP contribution in [0.5, 0.6) is 0 Å². The van der Waals surface area contributed by atoms with E-state index in [0.29, 0.717) is 25.0 Å². The molecule has 0 aromatic heterocycles. The molecule has 2 N–H and O–H groups in total. The molecule has 7 nitrogen and oxygen atoms in total. The van der Waals surface area contributed by atoms with E-state index in [9.17, 15) is 28.5 Å². The van der Waals surface area contributed by atoms with Crippen LogP contribution in [0.25, 0.3) is 0 Å². The monoisotopic (exact) mass is 302 g/mol. The van der Waals surface area contributed by atoms with Crippen molar-refractivity contribution < 1.29 is 28.4 Å². The van der Waals surface area contributed by atoms with Crippen molar-refractivity contribution in [1.82, 2.24) is 5.32 Å². The Morgan fingerprint density at radius 1 is 1.24 bits per heavy atom. The lowest BCUT2D eigenvalue weighted by molar-refractivity contribution is -0.385. The number of nitrogens with one attached hydrogen (secondary N) is 1. The van der Waals surface area contributed by atoms with E-state index in [2.05, 4.69) is 5.32 Å². The molecule has 1 amide bonds. The molecule has 0 aliphatic carbocycles. The van der Waals surface area contributed by atoms with Crippen LogP contribution in [0.4, 0.5) is 14.5 Å². The summed E-state index contributed by atoms with van der Waals surface area (Å²) in [6, 6.07) is 0.800. The standard InChI is InChI=1S/C12H12F2N2O5/c13-8-5-7(10(16(20)21)6-9(8)14)12(19)15-4-2-1-3-11(17)18/h5-6H,1-4H2,(H,15,19)(H,17,18). The van der Waals surface area contributed by atoms with Gasteiger partial charge in [-0.2, -0.15) is 0 Å². The van der Waals surface area contributed by atoms with Crippen LogP contribution in [-0.2, 0) is 4.79 Å². The van der Waals surface area contributed by atoms with Crippen molar-refractivity contribution in [3.8, 4) is 0 Å². The number of rotatable bonds is 7. The van der Waals surface area contributed by atoms with E-state index in [-0.39, 0.29) is 13.0 Å². The van der Waals surface area contributed by atoms with E-state index in [0.717, 1.165) is 0 Å². The van der Waals surface area contributed by atoms with Crippen LogP contribution >= 0.6 is 0 Å². The second-order valence-corrected chi connectivity index (χ2v) is 4.15. The van der Waals surface area contributed by atoms with Gasteiger partial charge in [0.05, 0.1) is 11.0 Å². The predicted molar refractivity (Wildman–Crippen MR) is 66.8 cm³/mol. The van der Waals surface area contributed by atoms with Crippen LogP contribution < -0.4 is 5.32 Å². The molecule has 0 aliphatic heterocycles. The molecule has 0 heterocycles. The van der Waals surface area contributed by atoms with Crippen molar-refractivity contribution in [3.05, 3.63) is 39.4 Å². The van der Waals surface area contributed by atoms with E-state index in [1.165, 1.54) is 0 Å². The van der Waals surface area contributed by atoms with Gasteiger partial charge in [0.25, 0.3) is 11.6 Å². The van der Waals surface area contributed by atoms with Crippen molar-refractivity contribution in [3.63, 3.8) is 0 Å². The Balaban J connectivity index is 2.71. The summed E-state index contributed by atoms with van der Waals surface area (Å²) in [7, 11) is 0. The Hall–Kier alpha value is -2.58. The minimum Gasteiger partial charge on any atom is -0.481 e. The number of nitro groups is 1. The maximum Gasteiger partial charge on any atom is 0.303 e. The Morgan fingerprint density at radius 2 is 1.86 bits per heavy atom. The molecule has 0 spiro atoms. The quantitative estimate of drug-likeness (QED) is 0.454. The molecule has 1 rings (SSSR count). The molecule has 0 aliphatic rings. The van der Waals surface area contributed by atoms with E-state index in [4.69, 9.17) is 5.11 Å². The van der Waals surface area contributed by atoms with Crippen molar-refractivity contribution in [2.75, 3.05) is 6.54 Å². The molecule has 0 bridgehead atoms. The van der Waals surface area contributed by atoms with Gasteiger partial charge >= 0.3 is 5.97 Å². The maximum absolute atomic E-state index is 13.1. The van der Waals surface area contributed by atoms with Crippen LogP contribution in [0.2, 0.25) is 0 Å². The fourth-order valence-corrected chi connectivity index (χ4v) is 1.57. The highest BCUT2D eigenvalue weighted by atomic mass is 19.2. The van der Waals surface area contributed by atoms with Crippen molar-refractivity contribution in [2.24, 2.45) is 0 Å². The second-order valence-electron chi connectivity index (χ2n) is 4.15. The van der Waals surface area contributed by atoms with Gasteiger partial charge in [0.1, 0.15) is 5.56 Å². The number of aliphatic carboxylic acids is 1. The largest absolute Gasteiger partial charge is 0.481 e. The van der Waals surface area contributed by atoms with Gasteiger partial charge in [0.15, 0.2) is 11.6 Å². The van der Waals surface area contributed by atoms with Gasteiger partial charge in [0, 0.05) is 13.0 Å². The molecule has 0 radical (unpaired) electrons. The Kier molecular flexibility index (Phi) is 5.70. The fraction of sp³-hybridized carbons (Fsp3) is 0.333. The highest BCUT2D eigenvalue weighted by Gasteiger charge is 2.23. The molecule has 0 saturated heterocycles. The van der Waals surface area contributed by atoms with Gasteiger partial charge in [-0.05, 0) is 18.9 Å². The number of benzene rings is 1. The van der Waals surface area contributed by atoms with Crippen molar-refractivity contribution in [1.29, 1.82) is 0 Å². The normalized spacial score (nSPS) is 10.2. The molecule has 21 heavy (non-hydrogen) atoms. The Morgan fingerprint density at radius 3 is 2.43 bits per heavy atom. The zero-order valence-corrected chi connectivity index (χ0v) is 10.8. The summed E-state index contributed by atoms with van der Waals surface area (Å²) >= 11 is 0. The summed E-state index contributed by atoms with van der Waals surface area (Å²) in [6.45, 7) is 0.0717. The molecular weight excluding hydrogens is 290 g/mol. The first-order valence-corrected chi connectivity index (χ1v) is 5.96. The number of hydrogen-bond donors (Lipinski definition) is 2. The second kappa shape index (κ2) is 7.27. The number of halogens is 2. The lowest BCUT2D eigenvalue weighted by Gasteiger charge is -2.06. The molecule has 114 valence electrons. The highest BCUT2D eigenvalue weighted by Crippen LogP contribution is 2.22. The molecule has 0 fully saturated rings. The highest BCUT2D eigenvalue weighted by molar-refractivity contribution is 5.98.